The molecule has 0 bridgehead atoms. The molecule has 5 N–H and O–H groups in total. The molecule has 8 heteroatoms. The van der Waals surface area contributed by atoms with Gasteiger partial charge in [-0.15, -0.1) is 0 Å². The van der Waals surface area contributed by atoms with Crippen molar-refractivity contribution in [2.24, 2.45) is 11.5 Å². The van der Waals surface area contributed by atoms with Gasteiger partial charge in [0.1, 0.15) is 0 Å². The summed E-state index contributed by atoms with van der Waals surface area (Å²) >= 11 is 0. The summed E-state index contributed by atoms with van der Waals surface area (Å²) in [6.07, 6.45) is -1.39. The van der Waals surface area contributed by atoms with Gasteiger partial charge < -0.3 is 21.0 Å². The van der Waals surface area contributed by atoms with Gasteiger partial charge in [-0.2, -0.15) is 5.48 Å². The second-order valence-corrected chi connectivity index (χ2v) is 2.53. The molecule has 0 aliphatic carbocycles. The number of ether oxygens (including phenoxy) is 1. The summed E-state index contributed by atoms with van der Waals surface area (Å²) in [4.78, 5) is 36.1. The molecule has 0 heterocycles. The molecule has 0 aromatic carbocycles. The van der Waals surface area contributed by atoms with Gasteiger partial charge in [0.25, 0.3) is 5.91 Å². The molecule has 0 aliphatic rings. The van der Waals surface area contributed by atoms with Crippen LogP contribution < -0.4 is 16.9 Å². The van der Waals surface area contributed by atoms with Crippen LogP contribution in [0.2, 0.25) is 0 Å². The van der Waals surface area contributed by atoms with Crippen molar-refractivity contribution in [2.45, 2.75) is 19.4 Å². The highest BCUT2D eigenvalue weighted by molar-refractivity contribution is 5.87. The lowest BCUT2D eigenvalue weighted by Gasteiger charge is -2.09. The minimum atomic E-state index is -1.16. The van der Waals surface area contributed by atoms with E-state index in [0.29, 0.717) is 0 Å². The molecule has 0 radical (unpaired) electrons. The molecule has 0 aromatic rings. The zero-order chi connectivity index (χ0) is 11.8. The largest absolute Gasteiger partial charge is 0.533 e. The molecule has 2 amide bonds. The maximum atomic E-state index is 11.0. The zero-order valence-electron chi connectivity index (χ0n) is 8.19. The van der Waals surface area contributed by atoms with Crippen LogP contribution in [0.4, 0.5) is 4.79 Å². The van der Waals surface area contributed by atoms with Gasteiger partial charge in [0.05, 0.1) is 19.1 Å². The van der Waals surface area contributed by atoms with E-state index in [4.69, 9.17) is 11.5 Å². The Bertz CT molecular complexity index is 255. The van der Waals surface area contributed by atoms with Gasteiger partial charge in [0.2, 0.25) is 5.91 Å². The number of hydrogen-bond acceptors (Lipinski definition) is 6. The van der Waals surface area contributed by atoms with E-state index in [1.807, 2.05) is 0 Å². The molecule has 8 nitrogen and oxygen atoms in total. The number of primary amides is 1. The Kier molecular flexibility index (Phi) is 5.79. The summed E-state index contributed by atoms with van der Waals surface area (Å²) in [5, 5.41) is 0. The highest BCUT2D eigenvalue weighted by Gasteiger charge is 2.17. The SMILES string of the molecule is CCOC(=O)ONC(=O)C(N)CC(N)=O. The van der Waals surface area contributed by atoms with Crippen LogP contribution in [0.3, 0.4) is 0 Å². The van der Waals surface area contributed by atoms with Gasteiger partial charge in [-0.3, -0.25) is 9.59 Å². The third-order valence-corrected chi connectivity index (χ3v) is 1.26. The first-order valence-corrected chi connectivity index (χ1v) is 4.14. The Morgan fingerprint density at radius 3 is 2.47 bits per heavy atom. The average Bonchev–Trinajstić information content (AvgIpc) is 2.13. The zero-order valence-corrected chi connectivity index (χ0v) is 8.19. The molecule has 0 saturated carbocycles. The summed E-state index contributed by atoms with van der Waals surface area (Å²) in [5.41, 5.74) is 11.8. The number of rotatable bonds is 4. The van der Waals surface area contributed by atoms with E-state index in [1.165, 1.54) is 0 Å². The van der Waals surface area contributed by atoms with Crippen LogP contribution in [-0.2, 0) is 19.2 Å². The first-order valence-electron chi connectivity index (χ1n) is 4.14. The fourth-order valence-corrected chi connectivity index (χ4v) is 0.624. The summed E-state index contributed by atoms with van der Waals surface area (Å²) in [7, 11) is 0. The van der Waals surface area contributed by atoms with Crippen molar-refractivity contribution in [1.82, 2.24) is 5.48 Å². The summed E-state index contributed by atoms with van der Waals surface area (Å²) in [6.45, 7) is 1.68. The van der Waals surface area contributed by atoms with Crippen molar-refractivity contribution in [3.05, 3.63) is 0 Å². The molecular weight excluding hydrogens is 206 g/mol. The number of nitrogens with two attached hydrogens (primary N) is 2. The standard InChI is InChI=1S/C7H13N3O5/c1-2-14-7(13)15-10-6(12)4(8)3-5(9)11/h4H,2-3,8H2,1H3,(H2,9,11)(H,10,12). The van der Waals surface area contributed by atoms with E-state index in [-0.39, 0.29) is 13.0 Å². The van der Waals surface area contributed by atoms with Crippen LogP contribution >= 0.6 is 0 Å². The van der Waals surface area contributed by atoms with E-state index in [2.05, 4.69) is 9.57 Å². The van der Waals surface area contributed by atoms with Crippen LogP contribution in [0, 0.1) is 0 Å². The summed E-state index contributed by atoms with van der Waals surface area (Å²) in [5.74, 6) is -1.56. The molecular formula is C7H13N3O5. The van der Waals surface area contributed by atoms with E-state index < -0.39 is 24.0 Å². The van der Waals surface area contributed by atoms with Crippen molar-refractivity contribution in [2.75, 3.05) is 6.61 Å². The third kappa shape index (κ3) is 6.27. The molecule has 1 atom stereocenters. The quantitative estimate of drug-likeness (QED) is 0.385. The maximum absolute atomic E-state index is 11.0. The third-order valence-electron chi connectivity index (χ3n) is 1.26. The van der Waals surface area contributed by atoms with Gasteiger partial charge in [0.15, 0.2) is 0 Å². The average molecular weight is 219 g/mol. The van der Waals surface area contributed by atoms with E-state index in [9.17, 15) is 14.4 Å². The van der Waals surface area contributed by atoms with Crippen LogP contribution in [0.15, 0.2) is 0 Å². The van der Waals surface area contributed by atoms with Gasteiger partial charge in [0, 0.05) is 0 Å². The molecule has 0 saturated heterocycles. The topological polar surface area (TPSA) is 134 Å². The number of hydroxylamine groups is 1. The molecule has 0 aromatic heterocycles. The number of carbonyl (C=O) groups is 3. The van der Waals surface area contributed by atoms with Gasteiger partial charge >= 0.3 is 6.16 Å². The van der Waals surface area contributed by atoms with Crippen molar-refractivity contribution >= 4 is 18.0 Å². The lowest BCUT2D eigenvalue weighted by atomic mass is 10.2. The second-order valence-electron chi connectivity index (χ2n) is 2.53. The molecule has 0 fully saturated rings. The minimum Gasteiger partial charge on any atom is -0.433 e. The van der Waals surface area contributed by atoms with Crippen molar-refractivity contribution in [3.8, 4) is 0 Å². The van der Waals surface area contributed by atoms with Gasteiger partial charge in [-0.05, 0) is 6.92 Å². The normalized spacial score (nSPS) is 11.3. The molecule has 0 aliphatic heterocycles. The number of nitrogens with one attached hydrogen (secondary N) is 1. The predicted molar refractivity (Wildman–Crippen MR) is 48.0 cm³/mol. The Balaban J connectivity index is 3.82. The lowest BCUT2D eigenvalue weighted by molar-refractivity contribution is -0.134. The van der Waals surface area contributed by atoms with Crippen molar-refractivity contribution < 1.29 is 24.0 Å². The first-order chi connectivity index (χ1) is 6.97. The lowest BCUT2D eigenvalue weighted by Crippen LogP contribution is -2.43. The fraction of sp³-hybridized carbons (Fsp3) is 0.571. The number of amides is 2. The van der Waals surface area contributed by atoms with Crippen LogP contribution in [0.1, 0.15) is 13.3 Å². The highest BCUT2D eigenvalue weighted by Crippen LogP contribution is 1.88. The molecule has 1 unspecified atom stereocenters. The molecule has 0 rings (SSSR count). The summed E-state index contributed by atoms with van der Waals surface area (Å²) < 4.78 is 4.34. The molecule has 86 valence electrons. The Labute approximate surface area is 85.8 Å². The van der Waals surface area contributed by atoms with E-state index >= 15 is 0 Å². The summed E-state index contributed by atoms with van der Waals surface area (Å²) in [6, 6.07) is -1.16. The van der Waals surface area contributed by atoms with Crippen LogP contribution in [0.5, 0.6) is 0 Å². The molecule has 15 heavy (non-hydrogen) atoms. The number of carbonyl (C=O) groups excluding carboxylic acids is 3. The predicted octanol–water partition coefficient (Wildman–Crippen LogP) is -1.61. The van der Waals surface area contributed by atoms with E-state index in [0.717, 1.165) is 0 Å². The van der Waals surface area contributed by atoms with Crippen molar-refractivity contribution in [3.63, 3.8) is 0 Å². The van der Waals surface area contributed by atoms with Crippen molar-refractivity contribution in [1.29, 1.82) is 0 Å². The van der Waals surface area contributed by atoms with Gasteiger partial charge in [-0.25, -0.2) is 4.79 Å². The first kappa shape index (κ1) is 13.2. The maximum Gasteiger partial charge on any atom is 0.533 e. The molecule has 0 spiro atoms. The van der Waals surface area contributed by atoms with Crippen LogP contribution in [-0.4, -0.2) is 30.6 Å². The van der Waals surface area contributed by atoms with E-state index in [1.54, 1.807) is 12.4 Å². The Morgan fingerprint density at radius 2 is 2.00 bits per heavy atom. The second kappa shape index (κ2) is 6.60. The highest BCUT2D eigenvalue weighted by atomic mass is 16.8. The Morgan fingerprint density at radius 1 is 1.40 bits per heavy atom. The number of hydrogen-bond donors (Lipinski definition) is 3. The fourth-order valence-electron chi connectivity index (χ4n) is 0.624. The van der Waals surface area contributed by atoms with Gasteiger partial charge in [-0.1, -0.05) is 0 Å². The smallest absolute Gasteiger partial charge is 0.433 e. The Hall–Kier alpha value is -1.83. The van der Waals surface area contributed by atoms with Crippen LogP contribution in [0.25, 0.3) is 0 Å². The minimum absolute atomic E-state index is 0.113. The monoisotopic (exact) mass is 219 g/mol.